The molecule has 1 amide bonds. The van der Waals surface area contributed by atoms with Gasteiger partial charge in [-0.3, -0.25) is 0 Å². The van der Waals surface area contributed by atoms with E-state index in [0.29, 0.717) is 23.9 Å². The fourth-order valence-electron chi connectivity index (χ4n) is 4.18. The number of sulfonamides is 1. The van der Waals surface area contributed by atoms with E-state index in [1.165, 1.54) is 38.2 Å². The summed E-state index contributed by atoms with van der Waals surface area (Å²) in [6.07, 6.45) is 6.74. The minimum absolute atomic E-state index is 0. The summed E-state index contributed by atoms with van der Waals surface area (Å²) in [5.41, 5.74) is 1.36. The van der Waals surface area contributed by atoms with Gasteiger partial charge < -0.3 is 10.1 Å². The maximum absolute atomic E-state index is 12.5. The number of para-hydroxylation sites is 1. The highest BCUT2D eigenvalue weighted by atomic mass is 35.5. The molecule has 0 unspecified atom stereocenters. The molecule has 2 aromatic rings. The molecular weight excluding hydrogens is 448 g/mol. The summed E-state index contributed by atoms with van der Waals surface area (Å²) in [6.45, 7) is 4.40. The van der Waals surface area contributed by atoms with Crippen molar-refractivity contribution in [2.45, 2.75) is 69.9 Å². The van der Waals surface area contributed by atoms with Crippen LogP contribution in [0.1, 0.15) is 56.6 Å². The van der Waals surface area contributed by atoms with Crippen LogP contribution in [0.15, 0.2) is 53.4 Å². The minimum atomic E-state index is -4.01. The van der Waals surface area contributed by atoms with Crippen LogP contribution in [0.4, 0.5) is 4.79 Å². The van der Waals surface area contributed by atoms with Gasteiger partial charge in [-0.1, -0.05) is 68.5 Å². The van der Waals surface area contributed by atoms with Crippen molar-refractivity contribution in [2.24, 2.45) is 5.92 Å². The Kier molecular flexibility index (Phi) is 10.0. The van der Waals surface area contributed by atoms with Crippen molar-refractivity contribution in [1.29, 1.82) is 0 Å². The summed E-state index contributed by atoms with van der Waals surface area (Å²) in [5, 5.41) is 3.51. The Morgan fingerprint density at radius 2 is 1.72 bits per heavy atom. The zero-order valence-corrected chi connectivity index (χ0v) is 20.3. The van der Waals surface area contributed by atoms with E-state index in [1.54, 1.807) is 37.3 Å². The van der Waals surface area contributed by atoms with E-state index < -0.39 is 16.1 Å². The molecule has 1 aliphatic rings. The van der Waals surface area contributed by atoms with E-state index in [4.69, 9.17) is 4.74 Å². The third kappa shape index (κ3) is 7.50. The lowest BCUT2D eigenvalue weighted by molar-refractivity contribution is 0.206. The molecule has 0 aromatic heterocycles. The predicted octanol–water partition coefficient (Wildman–Crippen LogP) is 5.34. The van der Waals surface area contributed by atoms with E-state index >= 15 is 0 Å². The minimum Gasteiger partial charge on any atom is -0.409 e. The van der Waals surface area contributed by atoms with Crippen LogP contribution in [-0.2, 0) is 16.6 Å². The summed E-state index contributed by atoms with van der Waals surface area (Å²) in [7, 11) is -4.01. The van der Waals surface area contributed by atoms with Crippen molar-refractivity contribution >= 4 is 28.5 Å². The van der Waals surface area contributed by atoms with E-state index in [2.05, 4.69) is 12.2 Å². The van der Waals surface area contributed by atoms with Crippen molar-refractivity contribution in [2.75, 3.05) is 0 Å². The summed E-state index contributed by atoms with van der Waals surface area (Å²) in [4.78, 5) is 12.4. The molecule has 0 bridgehead atoms. The molecule has 0 radical (unpaired) electrons. The van der Waals surface area contributed by atoms with Crippen LogP contribution in [0.5, 0.6) is 5.75 Å². The first-order valence-corrected chi connectivity index (χ1v) is 12.4. The van der Waals surface area contributed by atoms with Gasteiger partial charge in [0.25, 0.3) is 10.0 Å². The Bertz CT molecular complexity index is 991. The lowest BCUT2D eigenvalue weighted by Gasteiger charge is -2.25. The van der Waals surface area contributed by atoms with Crippen LogP contribution in [-0.4, -0.2) is 20.6 Å². The molecule has 6 nitrogen and oxygen atoms in total. The van der Waals surface area contributed by atoms with Gasteiger partial charge in [-0.25, -0.2) is 17.9 Å². The quantitative estimate of drug-likeness (QED) is 0.532. The van der Waals surface area contributed by atoms with Gasteiger partial charge in [-0.05, 0) is 43.9 Å². The summed E-state index contributed by atoms with van der Waals surface area (Å²) in [5.74, 6) is 1.12. The second kappa shape index (κ2) is 12.2. The molecule has 3 rings (SSSR count). The Morgan fingerprint density at radius 1 is 1.06 bits per heavy atom. The second-order valence-corrected chi connectivity index (χ2v) is 10.0. The van der Waals surface area contributed by atoms with Gasteiger partial charge >= 0.3 is 6.09 Å². The van der Waals surface area contributed by atoms with Crippen LogP contribution >= 0.6 is 12.4 Å². The molecular formula is C24H33ClN2O4S. The number of benzene rings is 2. The van der Waals surface area contributed by atoms with Gasteiger partial charge in [0, 0.05) is 18.2 Å². The third-order valence-electron chi connectivity index (χ3n) is 5.83. The number of rotatable bonds is 8. The lowest BCUT2D eigenvalue weighted by atomic mass is 9.85. The maximum Gasteiger partial charge on any atom is 0.426 e. The fourth-order valence-corrected chi connectivity index (χ4v) is 5.30. The largest absolute Gasteiger partial charge is 0.426 e. The van der Waals surface area contributed by atoms with Gasteiger partial charge in [-0.15, -0.1) is 12.4 Å². The molecule has 0 saturated heterocycles. The number of carbonyl (C=O) groups excluding carboxylic acids is 1. The van der Waals surface area contributed by atoms with E-state index in [-0.39, 0.29) is 17.3 Å². The lowest BCUT2D eigenvalue weighted by Crippen LogP contribution is -2.34. The standard InChI is InChI=1S/C24H32N2O4S.ClH/c1-18-10-6-9-15-23(18)31(28,29)26-24(27)30-22-14-8-7-13-21(22)17-25-19(2)16-20-11-4-3-5-12-20;/h6-10,13-15,19-20,25H,3-5,11-12,16-17H2,1-2H3,(H,26,27);1H/t19-;/m0./s1. The molecule has 1 aliphatic carbocycles. The number of carbonyl (C=O) groups is 1. The highest BCUT2D eigenvalue weighted by molar-refractivity contribution is 7.90. The number of amides is 1. The zero-order valence-electron chi connectivity index (χ0n) is 18.7. The van der Waals surface area contributed by atoms with Gasteiger partial charge in [0.2, 0.25) is 0 Å². The van der Waals surface area contributed by atoms with Gasteiger partial charge in [-0.2, -0.15) is 0 Å². The van der Waals surface area contributed by atoms with E-state index in [9.17, 15) is 13.2 Å². The Hall–Kier alpha value is -2.09. The molecule has 1 fully saturated rings. The average Bonchev–Trinajstić information content (AvgIpc) is 2.73. The van der Waals surface area contributed by atoms with Crippen LogP contribution < -0.4 is 14.8 Å². The summed E-state index contributed by atoms with van der Waals surface area (Å²) >= 11 is 0. The third-order valence-corrected chi connectivity index (χ3v) is 7.30. The molecule has 2 aromatic carbocycles. The smallest absolute Gasteiger partial charge is 0.409 e. The maximum atomic E-state index is 12.5. The molecule has 0 spiro atoms. The van der Waals surface area contributed by atoms with Crippen molar-refractivity contribution < 1.29 is 17.9 Å². The number of ether oxygens (including phenoxy) is 1. The molecule has 0 heterocycles. The molecule has 0 aliphatic heterocycles. The highest BCUT2D eigenvalue weighted by Crippen LogP contribution is 2.27. The molecule has 1 saturated carbocycles. The van der Waals surface area contributed by atoms with Crippen LogP contribution in [0, 0.1) is 12.8 Å². The topological polar surface area (TPSA) is 84.5 Å². The Morgan fingerprint density at radius 3 is 2.44 bits per heavy atom. The molecule has 8 heteroatoms. The molecule has 176 valence electrons. The molecule has 1 atom stereocenters. The van der Waals surface area contributed by atoms with Crippen molar-refractivity contribution in [3.8, 4) is 5.75 Å². The van der Waals surface area contributed by atoms with Crippen LogP contribution in [0.25, 0.3) is 0 Å². The van der Waals surface area contributed by atoms with Gasteiger partial charge in [0.1, 0.15) is 5.75 Å². The van der Waals surface area contributed by atoms with E-state index in [1.807, 2.05) is 16.9 Å². The van der Waals surface area contributed by atoms with E-state index in [0.717, 1.165) is 17.9 Å². The summed E-state index contributed by atoms with van der Waals surface area (Å²) < 4.78 is 32.4. The summed E-state index contributed by atoms with van der Waals surface area (Å²) in [6, 6.07) is 14.0. The average molecular weight is 481 g/mol. The zero-order chi connectivity index (χ0) is 22.3. The van der Waals surface area contributed by atoms with Crippen LogP contribution in [0.2, 0.25) is 0 Å². The Balaban J connectivity index is 0.00000363. The normalized spacial score (nSPS) is 15.4. The monoisotopic (exact) mass is 480 g/mol. The van der Waals surface area contributed by atoms with Gasteiger partial charge in [0.15, 0.2) is 0 Å². The molecule has 32 heavy (non-hydrogen) atoms. The first-order chi connectivity index (χ1) is 14.8. The number of halogens is 1. The van der Waals surface area contributed by atoms with Crippen molar-refractivity contribution in [1.82, 2.24) is 10.0 Å². The highest BCUT2D eigenvalue weighted by Gasteiger charge is 2.21. The number of aryl methyl sites for hydroxylation is 1. The fraction of sp³-hybridized carbons (Fsp3) is 0.458. The van der Waals surface area contributed by atoms with Gasteiger partial charge in [0.05, 0.1) is 4.90 Å². The predicted molar refractivity (Wildman–Crippen MR) is 129 cm³/mol. The van der Waals surface area contributed by atoms with Crippen molar-refractivity contribution in [3.63, 3.8) is 0 Å². The van der Waals surface area contributed by atoms with Crippen LogP contribution in [0.3, 0.4) is 0 Å². The first kappa shape index (κ1) is 26.2. The Labute approximate surface area is 197 Å². The SMILES string of the molecule is Cc1ccccc1S(=O)(=O)NC(=O)Oc1ccccc1CN[C@@H](C)CC1CCCCC1.Cl. The number of hydrogen-bond acceptors (Lipinski definition) is 5. The number of hydrogen-bond donors (Lipinski definition) is 2. The van der Waals surface area contributed by atoms with Crippen molar-refractivity contribution in [3.05, 3.63) is 59.7 Å². The first-order valence-electron chi connectivity index (χ1n) is 11.0. The molecule has 2 N–H and O–H groups in total. The number of nitrogens with one attached hydrogen (secondary N) is 2. The second-order valence-electron chi connectivity index (χ2n) is 8.39.